The standard InChI is InChI=1S/C12H31NO5Si2/c1-14-19(6,15-2)11-7-9-13-10-8-12-20(16-3,17-4)18-5/h13H,7-12H2,1-6H3. The fourth-order valence-corrected chi connectivity index (χ4v) is 5.05. The van der Waals surface area contributed by atoms with Gasteiger partial charge in [-0.15, -0.1) is 0 Å². The summed E-state index contributed by atoms with van der Waals surface area (Å²) in [5, 5.41) is 3.42. The molecule has 6 nitrogen and oxygen atoms in total. The predicted octanol–water partition coefficient (Wildman–Crippen LogP) is 1.60. The van der Waals surface area contributed by atoms with Crippen LogP contribution < -0.4 is 5.32 Å². The Hall–Kier alpha value is 0.194. The van der Waals surface area contributed by atoms with Crippen molar-refractivity contribution in [1.29, 1.82) is 0 Å². The molecular weight excluding hydrogens is 294 g/mol. The molecule has 0 rings (SSSR count). The van der Waals surface area contributed by atoms with Crippen LogP contribution in [0.3, 0.4) is 0 Å². The molecule has 0 saturated heterocycles. The third kappa shape index (κ3) is 7.27. The molecule has 0 aliphatic carbocycles. The van der Waals surface area contributed by atoms with E-state index >= 15 is 0 Å². The molecule has 0 amide bonds. The number of nitrogens with one attached hydrogen (secondary N) is 1. The first kappa shape index (κ1) is 20.2. The first-order chi connectivity index (χ1) is 9.51. The maximum atomic E-state index is 5.45. The number of hydrogen-bond acceptors (Lipinski definition) is 6. The maximum Gasteiger partial charge on any atom is 0.500 e. The van der Waals surface area contributed by atoms with E-state index in [0.717, 1.165) is 38.0 Å². The topological polar surface area (TPSA) is 58.2 Å². The number of hydrogen-bond donors (Lipinski definition) is 1. The van der Waals surface area contributed by atoms with E-state index in [9.17, 15) is 0 Å². The quantitative estimate of drug-likeness (QED) is 0.410. The molecule has 0 aromatic rings. The van der Waals surface area contributed by atoms with E-state index in [1.54, 1.807) is 35.5 Å². The SMILES string of the molecule is CO[Si](C)(CCCNCCC[Si](OC)(OC)OC)OC. The first-order valence-electron chi connectivity index (χ1n) is 6.98. The lowest BCUT2D eigenvalue weighted by Crippen LogP contribution is -2.43. The summed E-state index contributed by atoms with van der Waals surface area (Å²) in [5.74, 6) is 0. The van der Waals surface area contributed by atoms with E-state index in [1.165, 1.54) is 0 Å². The largest absolute Gasteiger partial charge is 0.500 e. The van der Waals surface area contributed by atoms with Crippen LogP contribution >= 0.6 is 0 Å². The average molecular weight is 326 g/mol. The van der Waals surface area contributed by atoms with Gasteiger partial charge in [-0.3, -0.25) is 0 Å². The Labute approximate surface area is 125 Å². The van der Waals surface area contributed by atoms with Crippen LogP contribution in [0.15, 0.2) is 0 Å². The van der Waals surface area contributed by atoms with Gasteiger partial charge < -0.3 is 27.4 Å². The lowest BCUT2D eigenvalue weighted by Gasteiger charge is -2.24. The van der Waals surface area contributed by atoms with Crippen molar-refractivity contribution in [3.05, 3.63) is 0 Å². The molecule has 20 heavy (non-hydrogen) atoms. The van der Waals surface area contributed by atoms with Crippen LogP contribution in [-0.2, 0) is 22.1 Å². The Kier molecular flexibility index (Phi) is 11.0. The van der Waals surface area contributed by atoms with Gasteiger partial charge in [-0.2, -0.15) is 0 Å². The summed E-state index contributed by atoms with van der Waals surface area (Å²) >= 11 is 0. The van der Waals surface area contributed by atoms with Gasteiger partial charge in [-0.25, -0.2) is 0 Å². The highest BCUT2D eigenvalue weighted by molar-refractivity contribution is 6.65. The van der Waals surface area contributed by atoms with E-state index in [0.29, 0.717) is 0 Å². The van der Waals surface area contributed by atoms with Crippen LogP contribution in [0.4, 0.5) is 0 Å². The molecule has 0 unspecified atom stereocenters. The van der Waals surface area contributed by atoms with E-state index < -0.39 is 17.4 Å². The third-order valence-corrected chi connectivity index (χ3v) is 9.44. The second kappa shape index (κ2) is 10.9. The summed E-state index contributed by atoms with van der Waals surface area (Å²) in [6, 6.07) is 1.83. The smallest absolute Gasteiger partial charge is 0.398 e. The van der Waals surface area contributed by atoms with E-state index in [4.69, 9.17) is 22.1 Å². The molecular formula is C12H31NO5Si2. The number of rotatable bonds is 13. The highest BCUT2D eigenvalue weighted by Gasteiger charge is 2.36. The van der Waals surface area contributed by atoms with Gasteiger partial charge >= 0.3 is 17.4 Å². The zero-order valence-electron chi connectivity index (χ0n) is 13.8. The van der Waals surface area contributed by atoms with Gasteiger partial charge in [0.25, 0.3) is 0 Å². The summed E-state index contributed by atoms with van der Waals surface area (Å²) in [6.07, 6.45) is 2.04. The molecule has 0 fully saturated rings. The highest BCUT2D eigenvalue weighted by atomic mass is 28.4. The van der Waals surface area contributed by atoms with Crippen molar-refractivity contribution in [3.63, 3.8) is 0 Å². The van der Waals surface area contributed by atoms with Gasteiger partial charge in [-0.05, 0) is 38.5 Å². The summed E-state index contributed by atoms with van der Waals surface area (Å²) in [6.45, 7) is 3.99. The minimum atomic E-state index is -2.40. The van der Waals surface area contributed by atoms with Gasteiger partial charge in [0.15, 0.2) is 0 Å². The Morgan fingerprint density at radius 2 is 1.15 bits per heavy atom. The second-order valence-corrected chi connectivity index (χ2v) is 11.5. The molecule has 1 N–H and O–H groups in total. The molecule has 122 valence electrons. The van der Waals surface area contributed by atoms with Gasteiger partial charge in [0.1, 0.15) is 0 Å². The van der Waals surface area contributed by atoms with E-state index in [1.807, 2.05) is 0 Å². The van der Waals surface area contributed by atoms with Crippen molar-refractivity contribution in [3.8, 4) is 0 Å². The van der Waals surface area contributed by atoms with E-state index in [2.05, 4.69) is 11.9 Å². The van der Waals surface area contributed by atoms with Crippen molar-refractivity contribution in [2.75, 3.05) is 48.6 Å². The monoisotopic (exact) mass is 325 g/mol. The lowest BCUT2D eigenvalue weighted by atomic mass is 10.4. The Balaban J connectivity index is 3.68. The summed E-state index contributed by atoms with van der Waals surface area (Å²) in [7, 11) is 4.09. The van der Waals surface area contributed by atoms with Crippen molar-refractivity contribution >= 4 is 17.4 Å². The molecule has 0 bridgehead atoms. The maximum absolute atomic E-state index is 5.45. The predicted molar refractivity (Wildman–Crippen MR) is 84.1 cm³/mol. The second-order valence-electron chi connectivity index (χ2n) is 4.79. The fourth-order valence-electron chi connectivity index (χ4n) is 1.93. The molecule has 0 heterocycles. The Morgan fingerprint density at radius 3 is 1.55 bits per heavy atom. The van der Waals surface area contributed by atoms with Crippen LogP contribution in [0.1, 0.15) is 12.8 Å². The fraction of sp³-hybridized carbons (Fsp3) is 1.00. The van der Waals surface area contributed by atoms with Gasteiger partial charge in [0, 0.05) is 41.6 Å². The Bertz CT molecular complexity index is 230. The van der Waals surface area contributed by atoms with Gasteiger partial charge in [0.05, 0.1) is 0 Å². The summed E-state index contributed by atoms with van der Waals surface area (Å²) in [4.78, 5) is 0. The van der Waals surface area contributed by atoms with Crippen molar-refractivity contribution in [1.82, 2.24) is 5.32 Å². The van der Waals surface area contributed by atoms with Crippen LogP contribution in [0.25, 0.3) is 0 Å². The molecule has 0 saturated carbocycles. The average Bonchev–Trinajstić information content (AvgIpc) is 2.50. The molecule has 8 heteroatoms. The van der Waals surface area contributed by atoms with Gasteiger partial charge in [-0.1, -0.05) is 0 Å². The zero-order valence-corrected chi connectivity index (χ0v) is 15.8. The molecule has 0 aliphatic rings. The first-order valence-corrected chi connectivity index (χ1v) is 11.4. The van der Waals surface area contributed by atoms with Gasteiger partial charge in [0.2, 0.25) is 0 Å². The summed E-state index contributed by atoms with van der Waals surface area (Å²) < 4.78 is 27.0. The van der Waals surface area contributed by atoms with Crippen molar-refractivity contribution in [2.24, 2.45) is 0 Å². The van der Waals surface area contributed by atoms with Crippen molar-refractivity contribution < 1.29 is 22.1 Å². The molecule has 0 aliphatic heterocycles. The van der Waals surface area contributed by atoms with Crippen LogP contribution in [0, 0.1) is 0 Å². The molecule has 0 atom stereocenters. The molecule has 0 aromatic heterocycles. The minimum Gasteiger partial charge on any atom is -0.398 e. The summed E-state index contributed by atoms with van der Waals surface area (Å²) in [5.41, 5.74) is 0. The minimum absolute atomic E-state index is 0.826. The van der Waals surface area contributed by atoms with Crippen LogP contribution in [0.2, 0.25) is 18.6 Å². The lowest BCUT2D eigenvalue weighted by molar-refractivity contribution is 0.123. The molecule has 0 radical (unpaired) electrons. The van der Waals surface area contributed by atoms with Crippen LogP contribution in [0.5, 0.6) is 0 Å². The van der Waals surface area contributed by atoms with Crippen LogP contribution in [-0.4, -0.2) is 66.0 Å². The third-order valence-electron chi connectivity index (χ3n) is 3.62. The Morgan fingerprint density at radius 1 is 0.700 bits per heavy atom. The van der Waals surface area contributed by atoms with E-state index in [-0.39, 0.29) is 0 Å². The van der Waals surface area contributed by atoms with Crippen molar-refractivity contribution in [2.45, 2.75) is 31.5 Å². The zero-order chi connectivity index (χ0) is 15.5. The highest BCUT2D eigenvalue weighted by Crippen LogP contribution is 2.15. The molecule has 0 aromatic carbocycles. The normalized spacial score (nSPS) is 12.9. The molecule has 0 spiro atoms.